The molecule has 48 heavy (non-hydrogen) atoms. The Balaban J connectivity index is 1.47. The van der Waals surface area contributed by atoms with Crippen molar-refractivity contribution in [3.8, 4) is 23.0 Å². The van der Waals surface area contributed by atoms with Gasteiger partial charge in [0, 0.05) is 54.4 Å². The molecule has 3 aromatic rings. The number of benzene rings is 2. The van der Waals surface area contributed by atoms with Crippen LogP contribution < -0.4 is 15.2 Å². The summed E-state index contributed by atoms with van der Waals surface area (Å²) in [7, 11) is 1.18. The summed E-state index contributed by atoms with van der Waals surface area (Å²) in [5.41, 5.74) is 1.53. The Morgan fingerprint density at radius 1 is 1.10 bits per heavy atom. The van der Waals surface area contributed by atoms with Gasteiger partial charge < -0.3 is 50.2 Å². The van der Waals surface area contributed by atoms with Gasteiger partial charge in [0.1, 0.15) is 23.7 Å². The third-order valence-corrected chi connectivity index (χ3v) is 8.98. The number of phenolic OH excluding ortho intramolecular Hbond substituents is 2. The van der Waals surface area contributed by atoms with E-state index in [0.717, 1.165) is 0 Å². The summed E-state index contributed by atoms with van der Waals surface area (Å²) in [4.78, 5) is 57.6. The lowest BCUT2D eigenvalue weighted by Gasteiger charge is -2.42. The van der Waals surface area contributed by atoms with Crippen LogP contribution in [0.15, 0.2) is 36.7 Å². The number of esters is 1. The average molecular weight is 665 g/mol. The molecule has 0 amide bonds. The minimum atomic E-state index is -2.32. The van der Waals surface area contributed by atoms with E-state index in [9.17, 15) is 44.7 Å². The zero-order valence-corrected chi connectivity index (χ0v) is 25.7. The van der Waals surface area contributed by atoms with Gasteiger partial charge in [0.25, 0.3) is 0 Å². The van der Waals surface area contributed by atoms with Crippen LogP contribution in [0, 0.1) is 0 Å². The van der Waals surface area contributed by atoms with E-state index in [1.165, 1.54) is 43.8 Å². The van der Waals surface area contributed by atoms with E-state index in [1.807, 2.05) is 0 Å². The van der Waals surface area contributed by atoms with Crippen molar-refractivity contribution >= 4 is 23.3 Å². The van der Waals surface area contributed by atoms with Gasteiger partial charge in [-0.3, -0.25) is 19.4 Å². The highest BCUT2D eigenvalue weighted by Crippen LogP contribution is 2.53. The van der Waals surface area contributed by atoms with Gasteiger partial charge in [-0.1, -0.05) is 0 Å². The van der Waals surface area contributed by atoms with E-state index < -0.39 is 102 Å². The first-order valence-electron chi connectivity index (χ1n) is 15.0. The number of phenols is 2. The van der Waals surface area contributed by atoms with Gasteiger partial charge in [-0.2, -0.15) is 0 Å². The summed E-state index contributed by atoms with van der Waals surface area (Å²) in [6.45, 7) is 0.486. The molecule has 2 heterocycles. The van der Waals surface area contributed by atoms with E-state index in [4.69, 9.17) is 24.7 Å². The quantitative estimate of drug-likeness (QED) is 0.0900. The highest BCUT2D eigenvalue weighted by Gasteiger charge is 2.50. The molecule has 15 heteroatoms. The molecule has 1 fully saturated rings. The fraction of sp³-hybridized carbons (Fsp3) is 0.364. The topological polar surface area (TPSA) is 245 Å². The van der Waals surface area contributed by atoms with Gasteiger partial charge in [0.15, 0.2) is 29.4 Å². The van der Waals surface area contributed by atoms with Crippen LogP contribution in [0.1, 0.15) is 79.2 Å². The Morgan fingerprint density at radius 2 is 1.83 bits per heavy atom. The van der Waals surface area contributed by atoms with Gasteiger partial charge in [-0.15, -0.1) is 0 Å². The Kier molecular flexibility index (Phi) is 8.53. The molecule has 0 radical (unpaired) electrons. The van der Waals surface area contributed by atoms with Crippen molar-refractivity contribution < 1.29 is 63.7 Å². The Bertz CT molecular complexity index is 1830. The van der Waals surface area contributed by atoms with Crippen LogP contribution in [0.4, 0.5) is 0 Å². The van der Waals surface area contributed by atoms with Crippen molar-refractivity contribution in [1.29, 1.82) is 0 Å². The maximum absolute atomic E-state index is 14.2. The summed E-state index contributed by atoms with van der Waals surface area (Å²) >= 11 is 0. The van der Waals surface area contributed by atoms with Crippen molar-refractivity contribution in [2.45, 2.75) is 62.4 Å². The minimum Gasteiger partial charge on any atom is -0.507 e. The Morgan fingerprint density at radius 3 is 2.48 bits per heavy atom. The molecule has 15 nitrogen and oxygen atoms in total. The molecular formula is C33H32N2O13. The number of carbonyl (C=O) groups is 4. The van der Waals surface area contributed by atoms with Crippen LogP contribution in [-0.4, -0.2) is 97.7 Å². The second-order valence-corrected chi connectivity index (χ2v) is 11.9. The molecule has 0 unspecified atom stereocenters. The van der Waals surface area contributed by atoms with E-state index in [0.29, 0.717) is 0 Å². The van der Waals surface area contributed by atoms with Gasteiger partial charge in [-0.25, -0.2) is 4.79 Å². The standard InChI is InChI=1S/C33H32N2O13/c1-13-26(38)17(34)8-21(46-13)47-19-10-33(44,20(37)12-36)9-16-22(19)29(41)25-24(28(16)40)27(39)15-5-6-18(31(45-2)23(15)30(25)42)48-32(43)14-4-3-7-35-11-14/h3-7,11,13,17,19,21,26,36,38,40-41,44H,8-10,12,34H2,1-2H3/t13-,17-,19-,21-,26+,33-/m0/s1. The van der Waals surface area contributed by atoms with Crippen LogP contribution in [0.2, 0.25) is 0 Å². The van der Waals surface area contributed by atoms with Gasteiger partial charge in [-0.05, 0) is 31.2 Å². The number of pyridine rings is 1. The molecule has 252 valence electrons. The average Bonchev–Trinajstić information content (AvgIpc) is 3.07. The number of aromatic nitrogens is 1. The van der Waals surface area contributed by atoms with E-state index in [2.05, 4.69) is 4.98 Å². The second-order valence-electron chi connectivity index (χ2n) is 11.9. The molecule has 2 aromatic carbocycles. The van der Waals surface area contributed by atoms with Gasteiger partial charge in [0.05, 0.1) is 47.7 Å². The largest absolute Gasteiger partial charge is 0.507 e. The fourth-order valence-electron chi connectivity index (χ4n) is 6.53. The van der Waals surface area contributed by atoms with Gasteiger partial charge >= 0.3 is 5.97 Å². The highest BCUT2D eigenvalue weighted by atomic mass is 16.7. The lowest BCUT2D eigenvalue weighted by Crippen LogP contribution is -2.53. The second kappa shape index (κ2) is 12.4. The molecule has 1 aliphatic heterocycles. The number of aliphatic hydroxyl groups excluding tert-OH is 2. The summed E-state index contributed by atoms with van der Waals surface area (Å²) in [6.07, 6.45) is -2.87. The number of rotatable bonds is 7. The van der Waals surface area contributed by atoms with E-state index >= 15 is 0 Å². The fourth-order valence-corrected chi connectivity index (χ4v) is 6.53. The molecule has 1 saturated heterocycles. The zero-order chi connectivity index (χ0) is 34.7. The van der Waals surface area contributed by atoms with Crippen molar-refractivity contribution in [2.24, 2.45) is 5.73 Å². The minimum absolute atomic E-state index is 0.0378. The number of Topliss-reactive ketones (excluding diaryl/α,β-unsaturated/α-hetero) is 1. The molecule has 7 N–H and O–H groups in total. The summed E-state index contributed by atoms with van der Waals surface area (Å²) < 4.78 is 22.7. The number of ether oxygens (including phenoxy) is 4. The predicted molar refractivity (Wildman–Crippen MR) is 161 cm³/mol. The third kappa shape index (κ3) is 5.30. The number of carbonyl (C=O) groups excluding carboxylic acids is 4. The molecule has 3 aliphatic rings. The van der Waals surface area contributed by atoms with Crippen molar-refractivity contribution in [3.05, 3.63) is 75.6 Å². The summed E-state index contributed by atoms with van der Waals surface area (Å²) in [5, 5.41) is 54.5. The number of aliphatic hydroxyl groups is 3. The van der Waals surface area contributed by atoms with Crippen molar-refractivity contribution in [1.82, 2.24) is 4.98 Å². The van der Waals surface area contributed by atoms with Crippen LogP contribution in [0.3, 0.4) is 0 Å². The zero-order valence-electron chi connectivity index (χ0n) is 25.7. The van der Waals surface area contributed by atoms with Crippen LogP contribution in [-0.2, 0) is 20.7 Å². The number of hydrogen-bond donors (Lipinski definition) is 6. The first kappa shape index (κ1) is 33.1. The monoisotopic (exact) mass is 664 g/mol. The number of methoxy groups -OCH3 is 1. The molecule has 0 bridgehead atoms. The molecule has 6 rings (SSSR count). The highest BCUT2D eigenvalue weighted by molar-refractivity contribution is 6.31. The maximum Gasteiger partial charge on any atom is 0.345 e. The SMILES string of the molecule is COc1c(OC(=O)c2cccnc2)ccc2c1C(=O)c1c(O)c3c(c(O)c1C2=O)C[C@@](O)(C(=O)CO)C[C@@H]3O[C@H]1C[C@H](N)[C@H](O)[C@H](C)O1. The molecular weight excluding hydrogens is 632 g/mol. The van der Waals surface area contributed by atoms with E-state index in [-0.39, 0.29) is 45.7 Å². The number of fused-ring (bicyclic) bond motifs is 3. The van der Waals surface area contributed by atoms with Crippen LogP contribution in [0.5, 0.6) is 23.0 Å². The normalized spacial score (nSPS) is 26.2. The smallest absolute Gasteiger partial charge is 0.345 e. The molecule has 0 spiro atoms. The van der Waals surface area contributed by atoms with Crippen molar-refractivity contribution in [2.75, 3.05) is 13.7 Å². The predicted octanol–water partition coefficient (Wildman–Crippen LogP) is 0.615. The first-order chi connectivity index (χ1) is 22.8. The number of ketones is 3. The summed E-state index contributed by atoms with van der Waals surface area (Å²) in [5.74, 6) is -5.82. The number of aromatic hydroxyl groups is 2. The number of hydrogen-bond acceptors (Lipinski definition) is 15. The van der Waals surface area contributed by atoms with Gasteiger partial charge in [0.2, 0.25) is 5.78 Å². The number of nitrogens with two attached hydrogens (primary N) is 1. The first-order valence-corrected chi connectivity index (χ1v) is 15.0. The lowest BCUT2D eigenvalue weighted by molar-refractivity contribution is -0.247. The third-order valence-electron chi connectivity index (χ3n) is 8.98. The Hall–Kier alpha value is -4.77. The summed E-state index contributed by atoms with van der Waals surface area (Å²) in [6, 6.07) is 4.62. The lowest BCUT2D eigenvalue weighted by atomic mass is 9.72. The van der Waals surface area contributed by atoms with Crippen LogP contribution >= 0.6 is 0 Å². The van der Waals surface area contributed by atoms with E-state index in [1.54, 1.807) is 6.92 Å². The molecule has 1 aromatic heterocycles. The maximum atomic E-state index is 14.2. The molecule has 0 saturated carbocycles. The van der Waals surface area contributed by atoms with Crippen LogP contribution in [0.25, 0.3) is 0 Å². The number of nitrogens with zero attached hydrogens (tertiary/aromatic N) is 1. The molecule has 2 aliphatic carbocycles. The van der Waals surface area contributed by atoms with Crippen molar-refractivity contribution in [3.63, 3.8) is 0 Å². The molecule has 6 atom stereocenters. The Labute approximate surface area is 272 Å².